The second kappa shape index (κ2) is 4.60. The SMILES string of the molecule is c1cn(CCCCn2ccnc2)cn1. The molecule has 2 aromatic heterocycles. The van der Waals surface area contributed by atoms with Crippen molar-refractivity contribution in [3.63, 3.8) is 0 Å². The molecule has 4 heteroatoms. The fourth-order valence-corrected chi connectivity index (χ4v) is 1.43. The summed E-state index contributed by atoms with van der Waals surface area (Å²) in [5.74, 6) is 0. The Labute approximate surface area is 83.2 Å². The zero-order valence-electron chi connectivity index (χ0n) is 8.08. The molecule has 2 aromatic rings. The van der Waals surface area contributed by atoms with Gasteiger partial charge in [0.2, 0.25) is 0 Å². The van der Waals surface area contributed by atoms with Crippen LogP contribution in [0.4, 0.5) is 0 Å². The number of rotatable bonds is 5. The minimum atomic E-state index is 1.05. The summed E-state index contributed by atoms with van der Waals surface area (Å²) >= 11 is 0. The summed E-state index contributed by atoms with van der Waals surface area (Å²) in [4.78, 5) is 8.00. The highest BCUT2D eigenvalue weighted by molar-refractivity contribution is 4.75. The third-order valence-corrected chi connectivity index (χ3v) is 2.20. The van der Waals surface area contributed by atoms with Crippen molar-refractivity contribution < 1.29 is 0 Å². The maximum Gasteiger partial charge on any atom is 0.0945 e. The molecule has 0 aromatic carbocycles. The number of hydrogen-bond acceptors (Lipinski definition) is 2. The van der Waals surface area contributed by atoms with Crippen LogP contribution in [0, 0.1) is 0 Å². The van der Waals surface area contributed by atoms with E-state index in [1.807, 2.05) is 37.4 Å². The first kappa shape index (κ1) is 8.99. The van der Waals surface area contributed by atoms with Crippen molar-refractivity contribution in [2.24, 2.45) is 0 Å². The summed E-state index contributed by atoms with van der Waals surface area (Å²) in [7, 11) is 0. The predicted molar refractivity (Wildman–Crippen MR) is 53.7 cm³/mol. The summed E-state index contributed by atoms with van der Waals surface area (Å²) in [6, 6.07) is 0. The molecule has 0 N–H and O–H groups in total. The van der Waals surface area contributed by atoms with Gasteiger partial charge >= 0.3 is 0 Å². The van der Waals surface area contributed by atoms with E-state index in [1.165, 1.54) is 12.8 Å². The van der Waals surface area contributed by atoms with Crippen molar-refractivity contribution in [1.29, 1.82) is 0 Å². The summed E-state index contributed by atoms with van der Waals surface area (Å²) in [6.45, 7) is 2.10. The molecule has 0 aliphatic carbocycles. The van der Waals surface area contributed by atoms with Crippen molar-refractivity contribution in [2.45, 2.75) is 25.9 Å². The summed E-state index contributed by atoms with van der Waals surface area (Å²) < 4.78 is 4.21. The second-order valence-corrected chi connectivity index (χ2v) is 3.31. The van der Waals surface area contributed by atoms with Crippen LogP contribution in [0.3, 0.4) is 0 Å². The van der Waals surface area contributed by atoms with E-state index in [9.17, 15) is 0 Å². The van der Waals surface area contributed by atoms with Gasteiger partial charge in [-0.1, -0.05) is 0 Å². The number of aromatic nitrogens is 4. The predicted octanol–water partition coefficient (Wildman–Crippen LogP) is 1.56. The van der Waals surface area contributed by atoms with Crippen LogP contribution in [-0.4, -0.2) is 19.1 Å². The van der Waals surface area contributed by atoms with Crippen molar-refractivity contribution in [3.05, 3.63) is 37.4 Å². The van der Waals surface area contributed by atoms with E-state index < -0.39 is 0 Å². The average Bonchev–Trinajstić information content (AvgIpc) is 2.86. The fraction of sp³-hybridized carbons (Fsp3) is 0.400. The van der Waals surface area contributed by atoms with E-state index in [0.717, 1.165) is 13.1 Å². The van der Waals surface area contributed by atoms with Gasteiger partial charge in [-0.15, -0.1) is 0 Å². The number of nitrogens with zero attached hydrogens (tertiary/aromatic N) is 4. The smallest absolute Gasteiger partial charge is 0.0945 e. The third kappa shape index (κ3) is 2.45. The molecular formula is C10H14N4. The molecule has 0 bridgehead atoms. The van der Waals surface area contributed by atoms with E-state index in [1.54, 1.807) is 0 Å². The lowest BCUT2D eigenvalue weighted by Gasteiger charge is -2.02. The molecule has 0 saturated heterocycles. The van der Waals surface area contributed by atoms with E-state index in [2.05, 4.69) is 19.1 Å². The number of hydrogen-bond donors (Lipinski definition) is 0. The van der Waals surface area contributed by atoms with Gasteiger partial charge in [-0.25, -0.2) is 9.97 Å². The zero-order chi connectivity index (χ0) is 9.64. The highest BCUT2D eigenvalue weighted by Crippen LogP contribution is 1.98. The second-order valence-electron chi connectivity index (χ2n) is 3.31. The fourth-order valence-electron chi connectivity index (χ4n) is 1.43. The molecule has 0 aliphatic rings. The number of aryl methyl sites for hydroxylation is 2. The average molecular weight is 190 g/mol. The molecule has 0 unspecified atom stereocenters. The molecule has 0 saturated carbocycles. The summed E-state index contributed by atoms with van der Waals surface area (Å²) in [5, 5.41) is 0. The van der Waals surface area contributed by atoms with Crippen molar-refractivity contribution in [1.82, 2.24) is 19.1 Å². The molecule has 74 valence electrons. The van der Waals surface area contributed by atoms with Crippen molar-refractivity contribution in [2.75, 3.05) is 0 Å². The van der Waals surface area contributed by atoms with Gasteiger partial charge < -0.3 is 9.13 Å². The van der Waals surface area contributed by atoms with Gasteiger partial charge in [0, 0.05) is 37.9 Å². The van der Waals surface area contributed by atoms with E-state index >= 15 is 0 Å². The molecule has 0 amide bonds. The lowest BCUT2D eigenvalue weighted by molar-refractivity contribution is 0.552. The number of unbranched alkanes of at least 4 members (excludes halogenated alkanes) is 1. The van der Waals surface area contributed by atoms with Crippen molar-refractivity contribution >= 4 is 0 Å². The van der Waals surface area contributed by atoms with Gasteiger partial charge in [-0.05, 0) is 12.8 Å². The van der Waals surface area contributed by atoms with Crippen LogP contribution in [0.5, 0.6) is 0 Å². The van der Waals surface area contributed by atoms with Crippen LogP contribution in [0.15, 0.2) is 37.4 Å². The van der Waals surface area contributed by atoms with Gasteiger partial charge in [-0.3, -0.25) is 0 Å². The standard InChI is InChI=1S/C10H14N4/c1(5-13-7-3-11-9-13)2-6-14-8-4-12-10-14/h3-4,7-10H,1-2,5-6H2. The Morgan fingerprint density at radius 2 is 1.29 bits per heavy atom. The first-order valence-electron chi connectivity index (χ1n) is 4.86. The van der Waals surface area contributed by atoms with Crippen LogP contribution < -0.4 is 0 Å². The molecule has 2 heterocycles. The van der Waals surface area contributed by atoms with Gasteiger partial charge in [-0.2, -0.15) is 0 Å². The Balaban J connectivity index is 1.65. The van der Waals surface area contributed by atoms with Gasteiger partial charge in [0.1, 0.15) is 0 Å². The maximum atomic E-state index is 4.00. The molecule has 0 atom stereocenters. The molecular weight excluding hydrogens is 176 g/mol. The van der Waals surface area contributed by atoms with Gasteiger partial charge in [0.15, 0.2) is 0 Å². The van der Waals surface area contributed by atoms with Crippen LogP contribution in [0.25, 0.3) is 0 Å². The van der Waals surface area contributed by atoms with Gasteiger partial charge in [0.25, 0.3) is 0 Å². The Morgan fingerprint density at radius 3 is 1.64 bits per heavy atom. The molecule has 0 fully saturated rings. The molecule has 14 heavy (non-hydrogen) atoms. The highest BCUT2D eigenvalue weighted by Gasteiger charge is 1.92. The zero-order valence-corrected chi connectivity index (χ0v) is 8.08. The molecule has 4 nitrogen and oxygen atoms in total. The summed E-state index contributed by atoms with van der Waals surface area (Å²) in [6.07, 6.45) is 13.7. The lowest BCUT2D eigenvalue weighted by Crippen LogP contribution is -1.98. The quantitative estimate of drug-likeness (QED) is 0.671. The number of imidazole rings is 2. The molecule has 2 rings (SSSR count). The first-order valence-corrected chi connectivity index (χ1v) is 4.86. The first-order chi connectivity index (χ1) is 6.95. The Morgan fingerprint density at radius 1 is 0.786 bits per heavy atom. The molecule has 0 aliphatic heterocycles. The van der Waals surface area contributed by atoms with Crippen molar-refractivity contribution in [3.8, 4) is 0 Å². The molecule has 0 radical (unpaired) electrons. The van der Waals surface area contributed by atoms with E-state index in [4.69, 9.17) is 0 Å². The minimum absolute atomic E-state index is 1.05. The Kier molecular flexibility index (Phi) is 2.95. The van der Waals surface area contributed by atoms with Crippen LogP contribution in [-0.2, 0) is 13.1 Å². The highest BCUT2D eigenvalue weighted by atomic mass is 15.0. The largest absolute Gasteiger partial charge is 0.337 e. The Bertz CT molecular complexity index is 300. The monoisotopic (exact) mass is 190 g/mol. The minimum Gasteiger partial charge on any atom is -0.337 e. The normalized spacial score (nSPS) is 10.6. The van der Waals surface area contributed by atoms with E-state index in [0.29, 0.717) is 0 Å². The van der Waals surface area contributed by atoms with Crippen LogP contribution in [0.1, 0.15) is 12.8 Å². The summed E-state index contributed by atoms with van der Waals surface area (Å²) in [5.41, 5.74) is 0. The topological polar surface area (TPSA) is 35.6 Å². The van der Waals surface area contributed by atoms with Gasteiger partial charge in [0.05, 0.1) is 12.7 Å². The third-order valence-electron chi connectivity index (χ3n) is 2.20. The van der Waals surface area contributed by atoms with E-state index in [-0.39, 0.29) is 0 Å². The molecule has 0 spiro atoms. The lowest BCUT2D eigenvalue weighted by atomic mass is 10.3. The van der Waals surface area contributed by atoms with Crippen LogP contribution >= 0.6 is 0 Å². The Hall–Kier alpha value is -1.58. The maximum absolute atomic E-state index is 4.00. The van der Waals surface area contributed by atoms with Crippen LogP contribution in [0.2, 0.25) is 0 Å².